The van der Waals surface area contributed by atoms with Crippen LogP contribution in [0.4, 0.5) is 0 Å². The van der Waals surface area contributed by atoms with Crippen LogP contribution in [0.2, 0.25) is 0 Å². The Balaban J connectivity index is 1.96. The molecule has 98 valence electrons. The van der Waals surface area contributed by atoms with E-state index < -0.39 is 0 Å². The Morgan fingerprint density at radius 3 is 2.95 bits per heavy atom. The number of rotatable bonds is 4. The van der Waals surface area contributed by atoms with Crippen molar-refractivity contribution in [2.75, 3.05) is 0 Å². The van der Waals surface area contributed by atoms with Crippen LogP contribution < -0.4 is 4.74 Å². The van der Waals surface area contributed by atoms with Crippen molar-refractivity contribution < 1.29 is 4.74 Å². The van der Waals surface area contributed by atoms with Crippen LogP contribution in [0.3, 0.4) is 0 Å². The first-order valence-electron chi connectivity index (χ1n) is 6.62. The Kier molecular flexibility index (Phi) is 3.34. The summed E-state index contributed by atoms with van der Waals surface area (Å²) in [7, 11) is 0. The van der Waals surface area contributed by atoms with Gasteiger partial charge in [0.25, 0.3) is 0 Å². The molecule has 2 aromatic rings. The molecule has 1 fully saturated rings. The minimum absolute atomic E-state index is 0.414. The standard InChI is InChI=1S/C15H16N2OS/c1-2-14-16-13(9-15(19)17-14)10-4-3-5-12(8-10)18-11-6-7-11/h3-5,8-9,11H,2,6-7H2,1H3,(H,16,17,19). The molecule has 1 aromatic heterocycles. The van der Waals surface area contributed by atoms with Crippen LogP contribution in [0, 0.1) is 4.64 Å². The third-order valence-corrected chi connectivity index (χ3v) is 3.31. The first-order valence-corrected chi connectivity index (χ1v) is 7.03. The SMILES string of the molecule is CCc1nc(=S)cc(-c2cccc(OC3CC3)c2)[nH]1. The Morgan fingerprint density at radius 2 is 2.21 bits per heavy atom. The fourth-order valence-corrected chi connectivity index (χ4v) is 2.17. The second-order valence-electron chi connectivity index (χ2n) is 4.78. The van der Waals surface area contributed by atoms with E-state index in [4.69, 9.17) is 17.0 Å². The summed E-state index contributed by atoms with van der Waals surface area (Å²) < 4.78 is 6.44. The van der Waals surface area contributed by atoms with Gasteiger partial charge in [-0.25, -0.2) is 4.98 Å². The number of benzene rings is 1. The van der Waals surface area contributed by atoms with Crippen LogP contribution in [0.25, 0.3) is 11.3 Å². The average Bonchev–Trinajstić information content (AvgIpc) is 3.22. The van der Waals surface area contributed by atoms with Crippen molar-refractivity contribution >= 4 is 12.2 Å². The van der Waals surface area contributed by atoms with Gasteiger partial charge in [0, 0.05) is 17.7 Å². The van der Waals surface area contributed by atoms with Gasteiger partial charge in [-0.2, -0.15) is 0 Å². The molecule has 0 atom stereocenters. The molecule has 3 rings (SSSR count). The quantitative estimate of drug-likeness (QED) is 0.857. The predicted molar refractivity (Wildman–Crippen MR) is 77.9 cm³/mol. The van der Waals surface area contributed by atoms with E-state index in [0.29, 0.717) is 10.7 Å². The van der Waals surface area contributed by atoms with E-state index >= 15 is 0 Å². The molecule has 4 heteroatoms. The van der Waals surface area contributed by atoms with Crippen molar-refractivity contribution in [1.29, 1.82) is 0 Å². The molecular weight excluding hydrogens is 256 g/mol. The summed E-state index contributed by atoms with van der Waals surface area (Å²) in [6.45, 7) is 2.06. The van der Waals surface area contributed by atoms with Gasteiger partial charge in [0.1, 0.15) is 16.2 Å². The smallest absolute Gasteiger partial charge is 0.130 e. The van der Waals surface area contributed by atoms with Crippen molar-refractivity contribution in [3.63, 3.8) is 0 Å². The van der Waals surface area contributed by atoms with Gasteiger partial charge in [0.2, 0.25) is 0 Å². The lowest BCUT2D eigenvalue weighted by atomic mass is 10.1. The summed E-state index contributed by atoms with van der Waals surface area (Å²) in [6, 6.07) is 10.0. The molecule has 1 aliphatic rings. The van der Waals surface area contributed by atoms with Gasteiger partial charge in [0.15, 0.2) is 0 Å². The molecule has 1 N–H and O–H groups in total. The van der Waals surface area contributed by atoms with Crippen LogP contribution in [0.15, 0.2) is 30.3 Å². The van der Waals surface area contributed by atoms with Crippen molar-refractivity contribution in [2.45, 2.75) is 32.3 Å². The van der Waals surface area contributed by atoms with E-state index in [2.05, 4.69) is 29.0 Å². The van der Waals surface area contributed by atoms with Gasteiger partial charge in [-0.15, -0.1) is 0 Å². The van der Waals surface area contributed by atoms with E-state index in [1.54, 1.807) is 0 Å². The van der Waals surface area contributed by atoms with E-state index in [1.165, 1.54) is 12.8 Å². The highest BCUT2D eigenvalue weighted by atomic mass is 32.1. The van der Waals surface area contributed by atoms with Crippen molar-refractivity contribution in [3.05, 3.63) is 40.8 Å². The van der Waals surface area contributed by atoms with Gasteiger partial charge >= 0.3 is 0 Å². The van der Waals surface area contributed by atoms with Crippen molar-refractivity contribution in [3.8, 4) is 17.0 Å². The summed E-state index contributed by atoms with van der Waals surface area (Å²) in [5, 5.41) is 0. The van der Waals surface area contributed by atoms with E-state index in [0.717, 1.165) is 29.3 Å². The summed E-state index contributed by atoms with van der Waals surface area (Å²) in [5.74, 6) is 1.84. The minimum atomic E-state index is 0.414. The van der Waals surface area contributed by atoms with Crippen molar-refractivity contribution in [2.24, 2.45) is 0 Å². The van der Waals surface area contributed by atoms with Crippen LogP contribution in [-0.2, 0) is 6.42 Å². The van der Waals surface area contributed by atoms with E-state index in [-0.39, 0.29) is 0 Å². The minimum Gasteiger partial charge on any atom is -0.490 e. The molecule has 1 saturated carbocycles. The van der Waals surface area contributed by atoms with E-state index in [9.17, 15) is 0 Å². The number of hydrogen-bond acceptors (Lipinski definition) is 3. The number of aromatic amines is 1. The van der Waals surface area contributed by atoms with Crippen LogP contribution in [-0.4, -0.2) is 16.1 Å². The summed E-state index contributed by atoms with van der Waals surface area (Å²) in [6.07, 6.45) is 3.59. The molecule has 0 radical (unpaired) electrons. The zero-order valence-electron chi connectivity index (χ0n) is 10.8. The molecule has 19 heavy (non-hydrogen) atoms. The zero-order chi connectivity index (χ0) is 13.2. The number of nitrogens with one attached hydrogen (secondary N) is 1. The summed E-state index contributed by atoms with van der Waals surface area (Å²) in [5.41, 5.74) is 2.08. The number of nitrogens with zero attached hydrogens (tertiary/aromatic N) is 1. The number of ether oxygens (including phenoxy) is 1. The molecule has 3 nitrogen and oxygen atoms in total. The molecule has 0 unspecified atom stereocenters. The van der Waals surface area contributed by atoms with Gasteiger partial charge < -0.3 is 9.72 Å². The molecule has 1 aliphatic carbocycles. The number of hydrogen-bond donors (Lipinski definition) is 1. The Morgan fingerprint density at radius 1 is 1.37 bits per heavy atom. The van der Waals surface area contributed by atoms with Crippen LogP contribution in [0.1, 0.15) is 25.6 Å². The van der Waals surface area contributed by atoms with Crippen LogP contribution >= 0.6 is 12.2 Å². The maximum Gasteiger partial charge on any atom is 0.130 e. The fourth-order valence-electron chi connectivity index (χ4n) is 1.95. The molecule has 0 aliphatic heterocycles. The first-order chi connectivity index (χ1) is 9.24. The third-order valence-electron chi connectivity index (χ3n) is 3.10. The second-order valence-corrected chi connectivity index (χ2v) is 5.20. The Hall–Kier alpha value is -1.68. The molecule has 1 aromatic carbocycles. The number of H-pyrrole nitrogens is 1. The van der Waals surface area contributed by atoms with Gasteiger partial charge in [-0.1, -0.05) is 31.3 Å². The van der Waals surface area contributed by atoms with E-state index in [1.807, 2.05) is 18.2 Å². The molecular formula is C15H16N2OS. The highest BCUT2D eigenvalue weighted by molar-refractivity contribution is 7.71. The Bertz CT molecular complexity index is 647. The predicted octanol–water partition coefficient (Wildman–Crippen LogP) is 3.91. The maximum atomic E-state index is 5.82. The third kappa shape index (κ3) is 3.01. The van der Waals surface area contributed by atoms with Gasteiger partial charge in [-0.05, 0) is 31.0 Å². The molecule has 0 spiro atoms. The lowest BCUT2D eigenvalue weighted by molar-refractivity contribution is 0.303. The van der Waals surface area contributed by atoms with Crippen molar-refractivity contribution in [1.82, 2.24) is 9.97 Å². The average molecular weight is 272 g/mol. The molecule has 0 bridgehead atoms. The summed E-state index contributed by atoms with van der Waals surface area (Å²) in [4.78, 5) is 7.60. The lowest BCUT2D eigenvalue weighted by Crippen LogP contribution is -1.97. The summed E-state index contributed by atoms with van der Waals surface area (Å²) >= 11 is 5.20. The maximum absolute atomic E-state index is 5.82. The number of aryl methyl sites for hydroxylation is 1. The highest BCUT2D eigenvalue weighted by Gasteiger charge is 2.23. The first kappa shape index (κ1) is 12.4. The van der Waals surface area contributed by atoms with Gasteiger partial charge in [-0.3, -0.25) is 0 Å². The zero-order valence-corrected chi connectivity index (χ0v) is 11.7. The largest absolute Gasteiger partial charge is 0.490 e. The molecule has 0 saturated heterocycles. The normalized spacial score (nSPS) is 14.4. The Labute approximate surface area is 117 Å². The molecule has 1 heterocycles. The lowest BCUT2D eigenvalue weighted by Gasteiger charge is -2.08. The highest BCUT2D eigenvalue weighted by Crippen LogP contribution is 2.29. The monoisotopic (exact) mass is 272 g/mol. The molecule has 0 amide bonds. The number of aromatic nitrogens is 2. The van der Waals surface area contributed by atoms with Gasteiger partial charge in [0.05, 0.1) is 6.10 Å². The topological polar surface area (TPSA) is 37.9 Å². The fraction of sp³-hybridized carbons (Fsp3) is 0.333. The van der Waals surface area contributed by atoms with Crippen LogP contribution in [0.5, 0.6) is 5.75 Å². The second kappa shape index (κ2) is 5.13.